The number of aryl methyl sites for hydroxylation is 1. The predicted octanol–water partition coefficient (Wildman–Crippen LogP) is 3.33. The second-order valence-corrected chi connectivity index (χ2v) is 8.09. The molecular weight excluding hydrogens is 420 g/mol. The first kappa shape index (κ1) is 24.4. The highest BCUT2D eigenvalue weighted by atomic mass is 16.5. The number of likely N-dealkylation sites (N-methyl/N-ethyl adjacent to an activating group) is 1. The van der Waals surface area contributed by atoms with Crippen LogP contribution in [0.4, 0.5) is 0 Å². The molecule has 0 spiro atoms. The molecule has 0 radical (unpaired) electrons. The van der Waals surface area contributed by atoms with Crippen molar-refractivity contribution in [3.05, 3.63) is 66.0 Å². The van der Waals surface area contributed by atoms with Crippen LogP contribution in [-0.4, -0.2) is 59.7 Å². The molecule has 176 valence electrons. The standard InChI is InChI=1S/C25H32N4O4/c1-5-21(25(31)29(3)4)24-28-22(16-33-24)18-8-10-20(11-9-18)32-13-12-26-15-23(30)19-7-6-17(2)27-14-19/h6-11,14,16,21,23,26,30H,5,12-13,15H2,1-4H3. The molecule has 0 saturated carbocycles. The van der Waals surface area contributed by atoms with Gasteiger partial charge in [-0.1, -0.05) is 13.0 Å². The van der Waals surface area contributed by atoms with E-state index in [0.717, 1.165) is 22.6 Å². The van der Waals surface area contributed by atoms with Gasteiger partial charge in [0.15, 0.2) is 0 Å². The summed E-state index contributed by atoms with van der Waals surface area (Å²) in [5, 5.41) is 13.4. The maximum absolute atomic E-state index is 12.3. The van der Waals surface area contributed by atoms with E-state index in [1.807, 2.05) is 50.2 Å². The van der Waals surface area contributed by atoms with Crippen molar-refractivity contribution < 1.29 is 19.1 Å². The Hall–Kier alpha value is -3.23. The smallest absolute Gasteiger partial charge is 0.234 e. The molecular formula is C25H32N4O4. The Kier molecular flexibility index (Phi) is 8.57. The quantitative estimate of drug-likeness (QED) is 0.430. The second kappa shape index (κ2) is 11.6. The topological polar surface area (TPSA) is 101 Å². The fourth-order valence-corrected chi connectivity index (χ4v) is 3.34. The molecule has 0 aliphatic rings. The highest BCUT2D eigenvalue weighted by molar-refractivity contribution is 5.82. The SMILES string of the molecule is CCC(C(=O)N(C)C)c1nc(-c2ccc(OCCNCC(O)c3ccc(C)nc3)cc2)co1. The first-order valence-electron chi connectivity index (χ1n) is 11.1. The third-order valence-corrected chi connectivity index (χ3v) is 5.32. The van der Waals surface area contributed by atoms with Gasteiger partial charge in [0.1, 0.15) is 30.2 Å². The number of hydrogen-bond donors (Lipinski definition) is 2. The van der Waals surface area contributed by atoms with Gasteiger partial charge in [0.2, 0.25) is 11.8 Å². The van der Waals surface area contributed by atoms with Crippen LogP contribution in [0.5, 0.6) is 5.75 Å². The van der Waals surface area contributed by atoms with Crippen LogP contribution < -0.4 is 10.1 Å². The number of nitrogens with zero attached hydrogens (tertiary/aromatic N) is 3. The molecule has 1 amide bonds. The van der Waals surface area contributed by atoms with E-state index in [2.05, 4.69) is 15.3 Å². The van der Waals surface area contributed by atoms with Crippen LogP contribution in [0, 0.1) is 6.92 Å². The molecule has 8 nitrogen and oxygen atoms in total. The summed E-state index contributed by atoms with van der Waals surface area (Å²) >= 11 is 0. The highest BCUT2D eigenvalue weighted by Gasteiger charge is 2.25. The first-order valence-corrected chi connectivity index (χ1v) is 11.1. The van der Waals surface area contributed by atoms with E-state index in [4.69, 9.17) is 9.15 Å². The summed E-state index contributed by atoms with van der Waals surface area (Å²) in [6.45, 7) is 5.35. The van der Waals surface area contributed by atoms with Gasteiger partial charge in [-0.25, -0.2) is 4.98 Å². The Balaban J connectivity index is 1.46. The van der Waals surface area contributed by atoms with Gasteiger partial charge in [0.05, 0.1) is 6.10 Å². The van der Waals surface area contributed by atoms with Gasteiger partial charge in [-0.3, -0.25) is 9.78 Å². The van der Waals surface area contributed by atoms with E-state index >= 15 is 0 Å². The lowest BCUT2D eigenvalue weighted by Crippen LogP contribution is -2.28. The number of aromatic nitrogens is 2. The number of hydrogen-bond acceptors (Lipinski definition) is 7. The van der Waals surface area contributed by atoms with E-state index in [-0.39, 0.29) is 11.8 Å². The number of amides is 1. The molecule has 0 aliphatic carbocycles. The average Bonchev–Trinajstić information content (AvgIpc) is 3.29. The molecule has 8 heteroatoms. The molecule has 0 aliphatic heterocycles. The monoisotopic (exact) mass is 452 g/mol. The van der Waals surface area contributed by atoms with Crippen LogP contribution >= 0.6 is 0 Å². The number of aliphatic hydroxyl groups excluding tert-OH is 1. The number of aliphatic hydroxyl groups is 1. The number of nitrogens with one attached hydrogen (secondary N) is 1. The summed E-state index contributed by atoms with van der Waals surface area (Å²) < 4.78 is 11.4. The van der Waals surface area contributed by atoms with Gasteiger partial charge in [-0.05, 0) is 43.7 Å². The molecule has 3 rings (SSSR count). The van der Waals surface area contributed by atoms with E-state index in [1.165, 1.54) is 0 Å². The Morgan fingerprint density at radius 1 is 1.21 bits per heavy atom. The zero-order valence-corrected chi connectivity index (χ0v) is 19.6. The molecule has 0 saturated heterocycles. The minimum atomic E-state index is -0.606. The van der Waals surface area contributed by atoms with E-state index in [9.17, 15) is 9.90 Å². The zero-order valence-electron chi connectivity index (χ0n) is 19.6. The van der Waals surface area contributed by atoms with Crippen molar-refractivity contribution in [2.75, 3.05) is 33.8 Å². The van der Waals surface area contributed by atoms with Crippen LogP contribution in [0.3, 0.4) is 0 Å². The molecule has 2 unspecified atom stereocenters. The van der Waals surface area contributed by atoms with Gasteiger partial charge in [-0.15, -0.1) is 0 Å². The predicted molar refractivity (Wildman–Crippen MR) is 126 cm³/mol. The molecule has 1 aromatic carbocycles. The van der Waals surface area contributed by atoms with Crippen LogP contribution in [0.25, 0.3) is 11.3 Å². The lowest BCUT2D eigenvalue weighted by molar-refractivity contribution is -0.130. The maximum Gasteiger partial charge on any atom is 0.234 e. The molecule has 2 aromatic heterocycles. The number of benzene rings is 1. The summed E-state index contributed by atoms with van der Waals surface area (Å²) in [4.78, 5) is 22.6. The van der Waals surface area contributed by atoms with Gasteiger partial charge in [-0.2, -0.15) is 0 Å². The number of ether oxygens (including phenoxy) is 1. The van der Waals surface area contributed by atoms with Crippen molar-refractivity contribution in [1.29, 1.82) is 0 Å². The van der Waals surface area contributed by atoms with Gasteiger partial charge in [0.25, 0.3) is 0 Å². The summed E-state index contributed by atoms with van der Waals surface area (Å²) in [5.74, 6) is 0.763. The average molecular weight is 453 g/mol. The lowest BCUT2D eigenvalue weighted by Gasteiger charge is -2.16. The van der Waals surface area contributed by atoms with Crippen molar-refractivity contribution in [3.63, 3.8) is 0 Å². The minimum absolute atomic E-state index is 0.0219. The Morgan fingerprint density at radius 2 is 1.97 bits per heavy atom. The number of pyridine rings is 1. The van der Waals surface area contributed by atoms with Crippen molar-refractivity contribution in [2.45, 2.75) is 32.3 Å². The van der Waals surface area contributed by atoms with Crippen molar-refractivity contribution >= 4 is 5.91 Å². The van der Waals surface area contributed by atoms with Gasteiger partial charge in [0, 0.05) is 50.2 Å². The van der Waals surface area contributed by atoms with Crippen LogP contribution in [0.1, 0.15) is 42.5 Å². The number of rotatable bonds is 11. The summed E-state index contributed by atoms with van der Waals surface area (Å²) in [5.41, 5.74) is 3.28. The molecule has 2 atom stereocenters. The highest BCUT2D eigenvalue weighted by Crippen LogP contribution is 2.26. The zero-order chi connectivity index (χ0) is 23.8. The van der Waals surface area contributed by atoms with Crippen LogP contribution in [-0.2, 0) is 4.79 Å². The van der Waals surface area contributed by atoms with Gasteiger partial charge < -0.3 is 24.5 Å². The molecule has 3 aromatic rings. The maximum atomic E-state index is 12.3. The fourth-order valence-electron chi connectivity index (χ4n) is 3.34. The minimum Gasteiger partial charge on any atom is -0.492 e. The van der Waals surface area contributed by atoms with Crippen molar-refractivity contribution in [2.24, 2.45) is 0 Å². The third-order valence-electron chi connectivity index (χ3n) is 5.32. The Bertz CT molecular complexity index is 1020. The molecule has 0 bridgehead atoms. The third kappa shape index (κ3) is 6.63. The Labute approximate surface area is 194 Å². The number of carbonyl (C=O) groups excluding carboxylic acids is 1. The molecule has 2 N–H and O–H groups in total. The van der Waals surface area contributed by atoms with Crippen LogP contribution in [0.2, 0.25) is 0 Å². The summed E-state index contributed by atoms with van der Waals surface area (Å²) in [6.07, 6.45) is 3.29. The van der Waals surface area contributed by atoms with E-state index in [1.54, 1.807) is 31.5 Å². The lowest BCUT2D eigenvalue weighted by atomic mass is 10.1. The van der Waals surface area contributed by atoms with Crippen molar-refractivity contribution in [1.82, 2.24) is 20.2 Å². The Morgan fingerprint density at radius 3 is 2.61 bits per heavy atom. The first-order chi connectivity index (χ1) is 15.9. The molecule has 33 heavy (non-hydrogen) atoms. The summed E-state index contributed by atoms with van der Waals surface area (Å²) in [6, 6.07) is 11.3. The molecule has 2 heterocycles. The van der Waals surface area contributed by atoms with E-state index < -0.39 is 6.10 Å². The second-order valence-electron chi connectivity index (χ2n) is 8.09. The van der Waals surface area contributed by atoms with Crippen LogP contribution in [0.15, 0.2) is 53.3 Å². The fraction of sp³-hybridized carbons (Fsp3) is 0.400. The summed E-state index contributed by atoms with van der Waals surface area (Å²) in [7, 11) is 3.46. The largest absolute Gasteiger partial charge is 0.492 e. The molecule has 0 fully saturated rings. The number of oxazole rings is 1. The van der Waals surface area contributed by atoms with E-state index in [0.29, 0.717) is 37.7 Å². The number of carbonyl (C=O) groups is 1. The van der Waals surface area contributed by atoms with Gasteiger partial charge >= 0.3 is 0 Å². The normalized spacial score (nSPS) is 12.9. The van der Waals surface area contributed by atoms with Crippen molar-refractivity contribution in [3.8, 4) is 17.0 Å².